The minimum absolute atomic E-state index is 0.143. The van der Waals surface area contributed by atoms with Crippen LogP contribution in [0.1, 0.15) is 27.2 Å². The Bertz CT molecular complexity index is 423. The molecule has 0 aromatic heterocycles. The Hall–Kier alpha value is -2.16. The molecule has 0 heterocycles. The lowest BCUT2D eigenvalue weighted by atomic mass is 10.0. The second-order valence-corrected chi connectivity index (χ2v) is 5.37. The fraction of sp³-hybridized carbons (Fsp3) is 0.692. The maximum Gasteiger partial charge on any atom is 0.322 e. The van der Waals surface area contributed by atoms with E-state index in [1.165, 1.54) is 6.92 Å². The van der Waals surface area contributed by atoms with Crippen LogP contribution in [-0.2, 0) is 19.2 Å². The van der Waals surface area contributed by atoms with Crippen molar-refractivity contribution in [3.63, 3.8) is 0 Å². The third kappa shape index (κ3) is 8.90. The molecule has 0 aromatic carbocycles. The van der Waals surface area contributed by atoms with Crippen molar-refractivity contribution in [2.75, 3.05) is 13.1 Å². The standard InChI is InChI=1S/C13H24N4O5/c1-7(2)4-9(17-12(21)8(3)14)13(22)16-5-10(18)15-6-11(19)20/h7-9H,4-6,14H2,1-3H3,(H,15,18)(H,16,22)(H,17,21)(H,19,20). The predicted octanol–water partition coefficient (Wildman–Crippen LogP) is -1.82. The van der Waals surface area contributed by atoms with Gasteiger partial charge < -0.3 is 26.8 Å². The molecule has 6 N–H and O–H groups in total. The molecule has 0 rings (SSSR count). The Balaban J connectivity index is 4.47. The fourth-order valence-corrected chi connectivity index (χ4v) is 1.53. The minimum Gasteiger partial charge on any atom is -0.480 e. The minimum atomic E-state index is -1.18. The molecular weight excluding hydrogens is 292 g/mol. The summed E-state index contributed by atoms with van der Waals surface area (Å²) in [5.74, 6) is -2.65. The number of carbonyl (C=O) groups excluding carboxylic acids is 3. The number of aliphatic carboxylic acids is 1. The lowest BCUT2D eigenvalue weighted by molar-refractivity contribution is -0.138. The van der Waals surface area contributed by atoms with Gasteiger partial charge in [0.05, 0.1) is 12.6 Å². The van der Waals surface area contributed by atoms with Crippen molar-refractivity contribution in [2.45, 2.75) is 39.3 Å². The maximum absolute atomic E-state index is 12.0. The number of rotatable bonds is 9. The summed E-state index contributed by atoms with van der Waals surface area (Å²) < 4.78 is 0. The molecule has 0 aliphatic rings. The molecule has 0 radical (unpaired) electrons. The first-order valence-electron chi connectivity index (χ1n) is 6.95. The zero-order chi connectivity index (χ0) is 17.3. The van der Waals surface area contributed by atoms with Gasteiger partial charge in [-0.2, -0.15) is 0 Å². The highest BCUT2D eigenvalue weighted by Crippen LogP contribution is 2.05. The summed E-state index contributed by atoms with van der Waals surface area (Å²) in [5, 5.41) is 15.4. The molecule has 0 spiro atoms. The van der Waals surface area contributed by atoms with Gasteiger partial charge in [-0.25, -0.2) is 0 Å². The SMILES string of the molecule is CC(C)CC(NC(=O)C(C)N)C(=O)NCC(=O)NCC(=O)O. The van der Waals surface area contributed by atoms with Crippen molar-refractivity contribution in [3.05, 3.63) is 0 Å². The molecule has 0 bridgehead atoms. The van der Waals surface area contributed by atoms with Gasteiger partial charge in [0.2, 0.25) is 17.7 Å². The second kappa shape index (κ2) is 9.72. The summed E-state index contributed by atoms with van der Waals surface area (Å²) in [6.45, 7) is 4.38. The molecule has 9 nitrogen and oxygen atoms in total. The Labute approximate surface area is 129 Å². The van der Waals surface area contributed by atoms with Gasteiger partial charge in [0.15, 0.2) is 0 Å². The normalized spacial score (nSPS) is 13.1. The predicted molar refractivity (Wildman–Crippen MR) is 78.7 cm³/mol. The number of hydrogen-bond acceptors (Lipinski definition) is 5. The van der Waals surface area contributed by atoms with Crippen LogP contribution in [0.25, 0.3) is 0 Å². The van der Waals surface area contributed by atoms with Crippen molar-refractivity contribution in [1.29, 1.82) is 0 Å². The second-order valence-electron chi connectivity index (χ2n) is 5.37. The number of nitrogens with two attached hydrogens (primary N) is 1. The first-order chi connectivity index (χ1) is 10.1. The third-order valence-electron chi connectivity index (χ3n) is 2.61. The van der Waals surface area contributed by atoms with Crippen molar-refractivity contribution in [2.24, 2.45) is 11.7 Å². The van der Waals surface area contributed by atoms with Crippen molar-refractivity contribution in [1.82, 2.24) is 16.0 Å². The summed E-state index contributed by atoms with van der Waals surface area (Å²) in [5.41, 5.74) is 5.44. The molecule has 0 aromatic rings. The van der Waals surface area contributed by atoms with Crippen LogP contribution in [-0.4, -0.2) is 54.0 Å². The average molecular weight is 316 g/mol. The lowest BCUT2D eigenvalue weighted by Crippen LogP contribution is -2.52. The van der Waals surface area contributed by atoms with Crippen LogP contribution in [0, 0.1) is 5.92 Å². The highest BCUT2D eigenvalue weighted by Gasteiger charge is 2.23. The van der Waals surface area contributed by atoms with Crippen molar-refractivity contribution >= 4 is 23.7 Å². The molecule has 22 heavy (non-hydrogen) atoms. The van der Waals surface area contributed by atoms with Gasteiger partial charge in [-0.15, -0.1) is 0 Å². The van der Waals surface area contributed by atoms with Crippen LogP contribution in [0.5, 0.6) is 0 Å². The first-order valence-corrected chi connectivity index (χ1v) is 6.95. The molecular formula is C13H24N4O5. The zero-order valence-electron chi connectivity index (χ0n) is 13.0. The number of hydrogen-bond donors (Lipinski definition) is 5. The number of amides is 3. The van der Waals surface area contributed by atoms with Gasteiger partial charge in [-0.3, -0.25) is 19.2 Å². The summed E-state index contributed by atoms with van der Waals surface area (Å²) in [6, 6.07) is -1.55. The van der Waals surface area contributed by atoms with E-state index in [9.17, 15) is 19.2 Å². The Morgan fingerprint density at radius 2 is 1.59 bits per heavy atom. The van der Waals surface area contributed by atoms with Gasteiger partial charge in [0.25, 0.3) is 0 Å². The van der Waals surface area contributed by atoms with E-state index in [0.29, 0.717) is 6.42 Å². The van der Waals surface area contributed by atoms with Gasteiger partial charge in [0, 0.05) is 0 Å². The number of carboxylic acid groups (broad SMARTS) is 1. The van der Waals surface area contributed by atoms with Gasteiger partial charge in [-0.1, -0.05) is 13.8 Å². The largest absolute Gasteiger partial charge is 0.480 e. The summed E-state index contributed by atoms with van der Waals surface area (Å²) in [6.07, 6.45) is 0.390. The van der Waals surface area contributed by atoms with Crippen LogP contribution in [0.15, 0.2) is 0 Å². The molecule has 3 amide bonds. The van der Waals surface area contributed by atoms with Gasteiger partial charge in [0.1, 0.15) is 12.6 Å². The molecule has 9 heteroatoms. The molecule has 0 fully saturated rings. The van der Waals surface area contributed by atoms with Crippen molar-refractivity contribution < 1.29 is 24.3 Å². The fourth-order valence-electron chi connectivity index (χ4n) is 1.53. The van der Waals surface area contributed by atoms with E-state index in [4.69, 9.17) is 10.8 Å². The quantitative estimate of drug-likeness (QED) is 0.338. The van der Waals surface area contributed by atoms with Crippen LogP contribution in [0.3, 0.4) is 0 Å². The average Bonchev–Trinajstić information content (AvgIpc) is 2.40. The summed E-state index contributed by atoms with van der Waals surface area (Å²) in [7, 11) is 0. The Morgan fingerprint density at radius 3 is 2.05 bits per heavy atom. The van der Waals surface area contributed by atoms with E-state index in [1.54, 1.807) is 0 Å². The molecule has 126 valence electrons. The first kappa shape index (κ1) is 19.8. The van der Waals surface area contributed by atoms with E-state index in [-0.39, 0.29) is 12.5 Å². The van der Waals surface area contributed by atoms with E-state index >= 15 is 0 Å². The zero-order valence-corrected chi connectivity index (χ0v) is 13.0. The molecule has 0 saturated heterocycles. The summed E-state index contributed by atoms with van der Waals surface area (Å²) >= 11 is 0. The molecule has 0 saturated carbocycles. The van der Waals surface area contributed by atoms with E-state index in [1.807, 2.05) is 13.8 Å². The highest BCUT2D eigenvalue weighted by molar-refractivity contribution is 5.92. The summed E-state index contributed by atoms with van der Waals surface area (Å²) in [4.78, 5) is 45.2. The van der Waals surface area contributed by atoms with Crippen LogP contribution < -0.4 is 21.7 Å². The lowest BCUT2D eigenvalue weighted by Gasteiger charge is -2.21. The number of carbonyl (C=O) groups is 4. The number of carboxylic acids is 1. The maximum atomic E-state index is 12.0. The van der Waals surface area contributed by atoms with E-state index in [2.05, 4.69) is 16.0 Å². The highest BCUT2D eigenvalue weighted by atomic mass is 16.4. The third-order valence-corrected chi connectivity index (χ3v) is 2.61. The van der Waals surface area contributed by atoms with Crippen LogP contribution >= 0.6 is 0 Å². The Kier molecular flexibility index (Phi) is 8.76. The van der Waals surface area contributed by atoms with Gasteiger partial charge in [-0.05, 0) is 19.3 Å². The Morgan fingerprint density at radius 1 is 1.00 bits per heavy atom. The van der Waals surface area contributed by atoms with Gasteiger partial charge >= 0.3 is 5.97 Å². The molecule has 2 unspecified atom stereocenters. The van der Waals surface area contributed by atoms with E-state index < -0.39 is 42.3 Å². The van der Waals surface area contributed by atoms with Crippen LogP contribution in [0.4, 0.5) is 0 Å². The molecule has 0 aliphatic heterocycles. The van der Waals surface area contributed by atoms with Crippen molar-refractivity contribution in [3.8, 4) is 0 Å². The van der Waals surface area contributed by atoms with Crippen LogP contribution in [0.2, 0.25) is 0 Å². The monoisotopic (exact) mass is 316 g/mol. The smallest absolute Gasteiger partial charge is 0.322 e. The van der Waals surface area contributed by atoms with E-state index in [0.717, 1.165) is 0 Å². The topological polar surface area (TPSA) is 151 Å². The number of nitrogens with one attached hydrogen (secondary N) is 3. The molecule has 0 aliphatic carbocycles. The molecule has 2 atom stereocenters.